The summed E-state index contributed by atoms with van der Waals surface area (Å²) in [7, 11) is -7.26. The van der Waals surface area contributed by atoms with Crippen LogP contribution in [-0.4, -0.2) is 35.8 Å². The number of amides is 1. The van der Waals surface area contributed by atoms with Crippen LogP contribution in [0, 0.1) is 6.92 Å². The van der Waals surface area contributed by atoms with Crippen molar-refractivity contribution in [3.8, 4) is 0 Å². The summed E-state index contributed by atoms with van der Waals surface area (Å²) < 4.78 is 53.6. The topological polar surface area (TPSA) is 121 Å². The third kappa shape index (κ3) is 7.21. The number of sulfonamides is 2. The van der Waals surface area contributed by atoms with E-state index in [4.69, 9.17) is 0 Å². The monoisotopic (exact) mass is 453 g/mol. The van der Waals surface area contributed by atoms with Crippen molar-refractivity contribution in [1.82, 2.24) is 9.44 Å². The van der Waals surface area contributed by atoms with E-state index in [0.717, 1.165) is 18.4 Å². The Morgan fingerprint density at radius 1 is 0.800 bits per heavy atom. The Morgan fingerprint density at radius 3 is 1.83 bits per heavy atom. The summed E-state index contributed by atoms with van der Waals surface area (Å²) >= 11 is 0. The second-order valence-electron chi connectivity index (χ2n) is 6.78. The molecule has 30 heavy (non-hydrogen) atoms. The summed E-state index contributed by atoms with van der Waals surface area (Å²) in [6, 6.07) is 12.2. The fourth-order valence-electron chi connectivity index (χ4n) is 2.51. The maximum absolute atomic E-state index is 12.2. The van der Waals surface area contributed by atoms with Crippen molar-refractivity contribution in [1.29, 1.82) is 0 Å². The largest absolute Gasteiger partial charge is 0.326 e. The molecule has 0 aliphatic heterocycles. The maximum Gasteiger partial charge on any atom is 0.240 e. The van der Waals surface area contributed by atoms with Crippen LogP contribution in [0.1, 0.15) is 31.7 Å². The molecule has 0 atom stereocenters. The van der Waals surface area contributed by atoms with Crippen LogP contribution >= 0.6 is 0 Å². The summed E-state index contributed by atoms with van der Waals surface area (Å²) in [6.45, 7) is 4.14. The summed E-state index contributed by atoms with van der Waals surface area (Å²) in [4.78, 5) is 12.3. The molecule has 0 radical (unpaired) electrons. The highest BCUT2D eigenvalue weighted by atomic mass is 32.2. The standard InChI is InChI=1S/C20H27N3O5S2/c1-3-4-14-21-29(25,26)19-11-7-17(8-12-19)23-20(24)13-15-22-30(27,28)18-9-5-16(2)6-10-18/h5-12,21-22H,3-4,13-15H2,1-2H3,(H,23,24). The minimum Gasteiger partial charge on any atom is -0.326 e. The summed E-state index contributed by atoms with van der Waals surface area (Å²) in [5.41, 5.74) is 1.37. The highest BCUT2D eigenvalue weighted by Gasteiger charge is 2.15. The Kier molecular flexibility index (Phi) is 8.54. The van der Waals surface area contributed by atoms with Gasteiger partial charge in [-0.25, -0.2) is 26.3 Å². The van der Waals surface area contributed by atoms with E-state index in [9.17, 15) is 21.6 Å². The van der Waals surface area contributed by atoms with E-state index in [1.54, 1.807) is 12.1 Å². The predicted molar refractivity (Wildman–Crippen MR) is 116 cm³/mol. The number of unbranched alkanes of at least 4 members (excludes halogenated alkanes) is 1. The molecule has 0 heterocycles. The smallest absolute Gasteiger partial charge is 0.240 e. The van der Waals surface area contributed by atoms with E-state index >= 15 is 0 Å². The van der Waals surface area contributed by atoms with Gasteiger partial charge in [-0.1, -0.05) is 31.0 Å². The number of aryl methyl sites for hydroxylation is 1. The molecule has 0 fully saturated rings. The quantitative estimate of drug-likeness (QED) is 0.451. The number of hydrogen-bond donors (Lipinski definition) is 3. The Hall–Kier alpha value is -2.27. The first kappa shape index (κ1) is 24.0. The zero-order valence-electron chi connectivity index (χ0n) is 17.0. The average molecular weight is 454 g/mol. The van der Waals surface area contributed by atoms with Gasteiger partial charge in [0, 0.05) is 25.2 Å². The lowest BCUT2D eigenvalue weighted by atomic mass is 10.2. The Balaban J connectivity index is 1.85. The molecule has 10 heteroatoms. The van der Waals surface area contributed by atoms with Crippen molar-refractivity contribution >= 4 is 31.6 Å². The van der Waals surface area contributed by atoms with E-state index < -0.39 is 26.0 Å². The van der Waals surface area contributed by atoms with Gasteiger partial charge in [-0.15, -0.1) is 0 Å². The van der Waals surface area contributed by atoms with Gasteiger partial charge >= 0.3 is 0 Å². The van der Waals surface area contributed by atoms with Gasteiger partial charge in [0.15, 0.2) is 0 Å². The van der Waals surface area contributed by atoms with Crippen LogP contribution in [0.2, 0.25) is 0 Å². The van der Waals surface area contributed by atoms with E-state index in [0.29, 0.717) is 12.2 Å². The summed E-state index contributed by atoms with van der Waals surface area (Å²) in [6.07, 6.45) is 1.57. The molecule has 2 rings (SSSR count). The van der Waals surface area contributed by atoms with Gasteiger partial charge in [0.2, 0.25) is 26.0 Å². The zero-order chi connectivity index (χ0) is 22.2. The maximum atomic E-state index is 12.2. The highest BCUT2D eigenvalue weighted by molar-refractivity contribution is 7.89. The zero-order valence-corrected chi connectivity index (χ0v) is 18.6. The highest BCUT2D eigenvalue weighted by Crippen LogP contribution is 2.14. The molecule has 0 bridgehead atoms. The molecule has 0 unspecified atom stereocenters. The Bertz CT molecular complexity index is 1050. The lowest BCUT2D eigenvalue weighted by molar-refractivity contribution is -0.116. The van der Waals surface area contributed by atoms with E-state index in [-0.39, 0.29) is 22.8 Å². The number of carbonyl (C=O) groups excluding carboxylic acids is 1. The lowest BCUT2D eigenvalue weighted by Crippen LogP contribution is -2.28. The van der Waals surface area contributed by atoms with Crippen molar-refractivity contribution in [3.63, 3.8) is 0 Å². The molecule has 0 aliphatic carbocycles. The van der Waals surface area contributed by atoms with Crippen molar-refractivity contribution in [3.05, 3.63) is 54.1 Å². The minimum absolute atomic E-state index is 0.0597. The van der Waals surface area contributed by atoms with Gasteiger partial charge in [0.1, 0.15) is 0 Å². The van der Waals surface area contributed by atoms with Crippen LogP contribution in [0.25, 0.3) is 0 Å². The molecule has 2 aromatic rings. The van der Waals surface area contributed by atoms with Gasteiger partial charge in [0.25, 0.3) is 0 Å². The number of benzene rings is 2. The SMILES string of the molecule is CCCCNS(=O)(=O)c1ccc(NC(=O)CCNS(=O)(=O)c2ccc(C)cc2)cc1. The normalized spacial score (nSPS) is 11.9. The Labute approximate surface area is 178 Å². The molecule has 0 aromatic heterocycles. The number of hydrogen-bond acceptors (Lipinski definition) is 5. The van der Waals surface area contributed by atoms with Crippen LogP contribution in [0.4, 0.5) is 5.69 Å². The molecule has 0 saturated carbocycles. The minimum atomic E-state index is -3.68. The first-order chi connectivity index (χ1) is 14.1. The molecular weight excluding hydrogens is 426 g/mol. The number of nitrogens with one attached hydrogen (secondary N) is 3. The molecule has 8 nitrogen and oxygen atoms in total. The van der Waals surface area contributed by atoms with Crippen LogP contribution < -0.4 is 14.8 Å². The second kappa shape index (κ2) is 10.7. The molecule has 3 N–H and O–H groups in total. The van der Waals surface area contributed by atoms with Crippen molar-refractivity contribution in [2.75, 3.05) is 18.4 Å². The predicted octanol–water partition coefficient (Wildman–Crippen LogP) is 2.38. The fourth-order valence-corrected chi connectivity index (χ4v) is 4.61. The van der Waals surface area contributed by atoms with Crippen molar-refractivity contribution < 1.29 is 21.6 Å². The fraction of sp³-hybridized carbons (Fsp3) is 0.350. The van der Waals surface area contributed by atoms with Crippen molar-refractivity contribution in [2.24, 2.45) is 0 Å². The van der Waals surface area contributed by atoms with Crippen LogP contribution in [0.5, 0.6) is 0 Å². The summed E-state index contributed by atoms with van der Waals surface area (Å²) in [5, 5.41) is 2.62. The molecule has 2 aromatic carbocycles. The molecule has 164 valence electrons. The third-order valence-corrected chi connectivity index (χ3v) is 7.20. The first-order valence-electron chi connectivity index (χ1n) is 9.60. The summed E-state index contributed by atoms with van der Waals surface area (Å²) in [5.74, 6) is -0.390. The van der Waals surface area contributed by atoms with E-state index in [1.165, 1.54) is 36.4 Å². The number of carbonyl (C=O) groups is 1. The van der Waals surface area contributed by atoms with Gasteiger partial charge in [-0.3, -0.25) is 4.79 Å². The van der Waals surface area contributed by atoms with Gasteiger partial charge in [-0.2, -0.15) is 0 Å². The third-order valence-electron chi connectivity index (χ3n) is 4.25. The van der Waals surface area contributed by atoms with Gasteiger partial charge in [-0.05, 0) is 49.7 Å². The molecular formula is C20H27N3O5S2. The van der Waals surface area contributed by atoms with E-state index in [2.05, 4.69) is 14.8 Å². The van der Waals surface area contributed by atoms with E-state index in [1.807, 2.05) is 13.8 Å². The molecule has 1 amide bonds. The lowest BCUT2D eigenvalue weighted by Gasteiger charge is -2.09. The molecule has 0 spiro atoms. The van der Waals surface area contributed by atoms with Crippen LogP contribution in [-0.2, 0) is 24.8 Å². The first-order valence-corrected chi connectivity index (χ1v) is 12.6. The van der Waals surface area contributed by atoms with Crippen LogP contribution in [0.3, 0.4) is 0 Å². The van der Waals surface area contributed by atoms with Gasteiger partial charge < -0.3 is 5.32 Å². The van der Waals surface area contributed by atoms with Gasteiger partial charge in [0.05, 0.1) is 9.79 Å². The molecule has 0 aliphatic rings. The number of rotatable bonds is 11. The number of anilines is 1. The van der Waals surface area contributed by atoms with Crippen LogP contribution in [0.15, 0.2) is 58.3 Å². The molecule has 0 saturated heterocycles. The average Bonchev–Trinajstić information content (AvgIpc) is 2.68. The Morgan fingerprint density at radius 2 is 1.30 bits per heavy atom. The van der Waals surface area contributed by atoms with Crippen molar-refractivity contribution in [2.45, 2.75) is 42.9 Å². The second-order valence-corrected chi connectivity index (χ2v) is 10.3.